The zero-order chi connectivity index (χ0) is 28.7. The van der Waals surface area contributed by atoms with Gasteiger partial charge in [-0.3, -0.25) is 0 Å². The summed E-state index contributed by atoms with van der Waals surface area (Å²) in [5.41, 5.74) is 2.72. The molecule has 4 nitrogen and oxygen atoms in total. The molecule has 0 saturated heterocycles. The zero-order valence-corrected chi connectivity index (χ0v) is 24.9. The molecule has 0 N–H and O–H groups in total. The molecule has 0 radical (unpaired) electrons. The second-order valence-electron chi connectivity index (χ2n) is 12.3. The van der Waals surface area contributed by atoms with E-state index in [1.165, 1.54) is 11.1 Å². The molecule has 0 heterocycles. The van der Waals surface area contributed by atoms with Crippen molar-refractivity contribution in [3.8, 4) is 0 Å². The Hall–Kier alpha value is -1.98. The third-order valence-corrected chi connectivity index (χ3v) is 8.99. The third-order valence-electron chi connectivity index (χ3n) is 8.99. The predicted octanol–water partition coefficient (Wildman–Crippen LogP) is 8.81. The summed E-state index contributed by atoms with van der Waals surface area (Å²) in [6.45, 7) is 3.98. The normalized spacial score (nSPS) is 24.7. The average molecular weight is 563 g/mol. The molecule has 2 aliphatic rings. The van der Waals surface area contributed by atoms with E-state index in [4.69, 9.17) is 9.47 Å². The molecule has 2 unspecified atom stereocenters. The van der Waals surface area contributed by atoms with Crippen LogP contribution in [0.25, 0.3) is 0 Å². The molecule has 1 aromatic rings. The maximum absolute atomic E-state index is 13.9. The molecule has 3 rings (SSSR count). The second-order valence-corrected chi connectivity index (χ2v) is 12.3. The molecule has 0 aliphatic heterocycles. The van der Waals surface area contributed by atoms with Crippen LogP contribution in [0, 0.1) is 11.8 Å². The Balaban J connectivity index is 1.27. The van der Waals surface area contributed by atoms with Crippen LogP contribution < -0.4 is 0 Å². The maximum atomic E-state index is 13.9. The van der Waals surface area contributed by atoms with Crippen LogP contribution in [0.1, 0.15) is 128 Å². The van der Waals surface area contributed by atoms with Crippen LogP contribution in [-0.2, 0) is 31.9 Å². The first-order valence-electron chi connectivity index (χ1n) is 16.1. The van der Waals surface area contributed by atoms with E-state index < -0.39 is 24.3 Å². The van der Waals surface area contributed by atoms with Crippen molar-refractivity contribution in [2.75, 3.05) is 0 Å². The van der Waals surface area contributed by atoms with Gasteiger partial charge in [-0.1, -0.05) is 63.8 Å². The SMILES string of the molecule is CCCCC(F)C(=O)OC1CCC(CCc2ccc(CCC3CCC(OC(=O)C(F)CCCC)CC3)cc2)CC1. The van der Waals surface area contributed by atoms with Crippen LogP contribution in [0.2, 0.25) is 0 Å². The van der Waals surface area contributed by atoms with Crippen molar-refractivity contribution in [2.24, 2.45) is 11.8 Å². The summed E-state index contributed by atoms with van der Waals surface area (Å²) in [5, 5.41) is 0. The number of alkyl halides is 2. The lowest BCUT2D eigenvalue weighted by atomic mass is 9.83. The van der Waals surface area contributed by atoms with Crippen molar-refractivity contribution in [1.82, 2.24) is 0 Å². The molecule has 2 aliphatic carbocycles. The van der Waals surface area contributed by atoms with Gasteiger partial charge in [-0.05, 0) is 113 Å². The number of hydrogen-bond donors (Lipinski definition) is 0. The number of benzene rings is 1. The van der Waals surface area contributed by atoms with Gasteiger partial charge in [0.1, 0.15) is 12.2 Å². The van der Waals surface area contributed by atoms with E-state index in [9.17, 15) is 18.4 Å². The fourth-order valence-corrected chi connectivity index (χ4v) is 6.17. The zero-order valence-electron chi connectivity index (χ0n) is 24.9. The fourth-order valence-electron chi connectivity index (χ4n) is 6.17. The first-order chi connectivity index (χ1) is 19.4. The molecular formula is C34H52F2O4. The quantitative estimate of drug-likeness (QED) is 0.189. The number of carbonyl (C=O) groups excluding carboxylic acids is 2. The van der Waals surface area contributed by atoms with E-state index in [2.05, 4.69) is 24.3 Å². The van der Waals surface area contributed by atoms with Crippen molar-refractivity contribution >= 4 is 11.9 Å². The van der Waals surface area contributed by atoms with Gasteiger partial charge in [0, 0.05) is 0 Å². The minimum absolute atomic E-state index is 0.119. The molecule has 1 aromatic carbocycles. The fraction of sp³-hybridized carbons (Fsp3) is 0.765. The van der Waals surface area contributed by atoms with Crippen LogP contribution in [0.4, 0.5) is 8.78 Å². The summed E-state index contributed by atoms with van der Waals surface area (Å²) in [6.07, 6.45) is 12.5. The smallest absolute Gasteiger partial charge is 0.340 e. The Bertz CT molecular complexity index is 786. The van der Waals surface area contributed by atoms with E-state index in [1.807, 2.05) is 13.8 Å². The molecule has 40 heavy (non-hydrogen) atoms. The highest BCUT2D eigenvalue weighted by molar-refractivity contribution is 5.75. The van der Waals surface area contributed by atoms with Gasteiger partial charge in [0.05, 0.1) is 0 Å². The van der Waals surface area contributed by atoms with Crippen molar-refractivity contribution < 1.29 is 27.8 Å². The summed E-state index contributed by atoms with van der Waals surface area (Å²) in [7, 11) is 0. The summed E-state index contributed by atoms with van der Waals surface area (Å²) < 4.78 is 38.7. The van der Waals surface area contributed by atoms with Crippen LogP contribution in [0.15, 0.2) is 24.3 Å². The van der Waals surface area contributed by atoms with Gasteiger partial charge in [-0.15, -0.1) is 0 Å². The lowest BCUT2D eigenvalue weighted by Gasteiger charge is -2.29. The number of unbranched alkanes of at least 4 members (excludes halogenated alkanes) is 2. The van der Waals surface area contributed by atoms with Gasteiger partial charge in [-0.2, -0.15) is 0 Å². The van der Waals surface area contributed by atoms with Crippen molar-refractivity contribution in [3.63, 3.8) is 0 Å². The lowest BCUT2D eigenvalue weighted by molar-refractivity contribution is -0.158. The minimum Gasteiger partial charge on any atom is -0.460 e. The monoisotopic (exact) mass is 562 g/mol. The van der Waals surface area contributed by atoms with Crippen molar-refractivity contribution in [1.29, 1.82) is 0 Å². The van der Waals surface area contributed by atoms with E-state index in [0.717, 1.165) is 89.9 Å². The number of rotatable bonds is 16. The number of ether oxygens (including phenoxy) is 2. The second kappa shape index (κ2) is 17.7. The first kappa shape index (κ1) is 32.5. The number of esters is 2. The molecular weight excluding hydrogens is 510 g/mol. The number of hydrogen-bond acceptors (Lipinski definition) is 4. The van der Waals surface area contributed by atoms with E-state index in [0.29, 0.717) is 24.7 Å². The molecule has 0 amide bonds. The number of carbonyl (C=O) groups is 2. The summed E-state index contributed by atoms with van der Waals surface area (Å²) in [6, 6.07) is 9.01. The molecule has 0 aromatic heterocycles. The Morgan fingerprint density at radius 3 is 1.35 bits per heavy atom. The van der Waals surface area contributed by atoms with Crippen LogP contribution in [0.3, 0.4) is 0 Å². The Morgan fingerprint density at radius 2 is 1.02 bits per heavy atom. The average Bonchev–Trinajstić information content (AvgIpc) is 2.98. The summed E-state index contributed by atoms with van der Waals surface area (Å²) in [4.78, 5) is 23.9. The molecule has 0 spiro atoms. The molecule has 2 saturated carbocycles. The maximum Gasteiger partial charge on any atom is 0.340 e. The Morgan fingerprint density at radius 1 is 0.675 bits per heavy atom. The van der Waals surface area contributed by atoms with Crippen molar-refractivity contribution in [3.05, 3.63) is 35.4 Å². The standard InChI is InChI=1S/C34H52F2O4/c1-3-5-7-31(35)33(37)39-29-21-17-27(18-22-29)15-13-25-9-11-26(12-10-25)14-16-28-19-23-30(24-20-28)40-34(38)32(36)8-6-4-2/h9-12,27-32H,3-8,13-24H2,1-2H3. The number of halogens is 2. The molecule has 2 fully saturated rings. The Labute approximate surface area is 241 Å². The van der Waals surface area contributed by atoms with Gasteiger partial charge >= 0.3 is 11.9 Å². The third kappa shape index (κ3) is 11.5. The molecule has 226 valence electrons. The van der Waals surface area contributed by atoms with Gasteiger partial charge in [0.15, 0.2) is 12.3 Å². The minimum atomic E-state index is -1.47. The number of aryl methyl sites for hydroxylation is 2. The van der Waals surface area contributed by atoms with E-state index in [1.54, 1.807) is 0 Å². The molecule has 6 heteroatoms. The molecule has 0 bridgehead atoms. The van der Waals surface area contributed by atoms with Crippen molar-refractivity contribution in [2.45, 2.75) is 154 Å². The van der Waals surface area contributed by atoms with E-state index >= 15 is 0 Å². The largest absolute Gasteiger partial charge is 0.460 e. The highest BCUT2D eigenvalue weighted by Crippen LogP contribution is 2.32. The summed E-state index contributed by atoms with van der Waals surface area (Å²) in [5.74, 6) is -0.0610. The lowest BCUT2D eigenvalue weighted by Crippen LogP contribution is -2.29. The predicted molar refractivity (Wildman–Crippen MR) is 156 cm³/mol. The van der Waals surface area contributed by atoms with Crippen LogP contribution in [0.5, 0.6) is 0 Å². The highest BCUT2D eigenvalue weighted by Gasteiger charge is 2.28. The Kier molecular flexibility index (Phi) is 14.4. The summed E-state index contributed by atoms with van der Waals surface area (Å²) >= 11 is 0. The van der Waals surface area contributed by atoms with Gasteiger partial charge in [0.2, 0.25) is 0 Å². The van der Waals surface area contributed by atoms with Gasteiger partial charge in [0.25, 0.3) is 0 Å². The van der Waals surface area contributed by atoms with E-state index in [-0.39, 0.29) is 25.0 Å². The molecule has 2 atom stereocenters. The first-order valence-corrected chi connectivity index (χ1v) is 16.1. The van der Waals surface area contributed by atoms with Gasteiger partial charge in [-0.25, -0.2) is 18.4 Å². The van der Waals surface area contributed by atoms with Gasteiger partial charge < -0.3 is 9.47 Å². The van der Waals surface area contributed by atoms with Crippen LogP contribution >= 0.6 is 0 Å². The van der Waals surface area contributed by atoms with Crippen LogP contribution in [-0.4, -0.2) is 36.5 Å². The topological polar surface area (TPSA) is 52.6 Å². The highest BCUT2D eigenvalue weighted by atomic mass is 19.1.